The standard InChI is InChI=1S/C30H29ClF3N5O5/c1-3-44-27-16(12-24(35)40)11-23(37-26(27)15-4-7-20(31)21(32)9-15)30(42,19-5-6-19)14-36-28(41)17-8-18-13-39(29(33)34)38-25(18)22(10-17)43-2/h4,7-11,13,19,29,42H,3,5-6,12,14H2,1-2H3,(H2,35,40)(H,36,41)/t30-/m1/s1. The molecule has 1 saturated carbocycles. The van der Waals surface area contributed by atoms with Gasteiger partial charge in [-0.05, 0) is 56.0 Å². The molecule has 14 heteroatoms. The quantitative estimate of drug-likeness (QED) is 0.205. The summed E-state index contributed by atoms with van der Waals surface area (Å²) in [6.07, 6.45) is 2.10. The molecule has 1 atom stereocenters. The van der Waals surface area contributed by atoms with Crippen LogP contribution >= 0.6 is 11.6 Å². The number of pyridine rings is 1. The first kappa shape index (κ1) is 31.1. The minimum Gasteiger partial charge on any atom is -0.494 e. The first-order valence-corrected chi connectivity index (χ1v) is 14.1. The van der Waals surface area contributed by atoms with Gasteiger partial charge in [-0.25, -0.2) is 14.1 Å². The smallest absolute Gasteiger partial charge is 0.333 e. The van der Waals surface area contributed by atoms with Crippen molar-refractivity contribution < 1.29 is 37.3 Å². The molecular formula is C30H29ClF3N5O5. The number of aliphatic hydroxyl groups is 1. The van der Waals surface area contributed by atoms with E-state index in [2.05, 4.69) is 15.4 Å². The topological polar surface area (TPSA) is 142 Å². The Hall–Kier alpha value is -4.36. The van der Waals surface area contributed by atoms with Crippen LogP contribution in [0.25, 0.3) is 22.2 Å². The maximum absolute atomic E-state index is 14.5. The van der Waals surface area contributed by atoms with E-state index < -0.39 is 29.8 Å². The molecule has 0 spiro atoms. The minimum atomic E-state index is -2.88. The predicted molar refractivity (Wildman–Crippen MR) is 155 cm³/mol. The summed E-state index contributed by atoms with van der Waals surface area (Å²) in [5.41, 5.74) is 4.96. The summed E-state index contributed by atoms with van der Waals surface area (Å²) in [7, 11) is 1.33. The van der Waals surface area contributed by atoms with Gasteiger partial charge >= 0.3 is 6.55 Å². The number of carbonyl (C=O) groups excluding carboxylic acids is 2. The van der Waals surface area contributed by atoms with Gasteiger partial charge in [0.15, 0.2) is 0 Å². The number of rotatable bonds is 12. The molecule has 2 heterocycles. The van der Waals surface area contributed by atoms with Gasteiger partial charge in [0.2, 0.25) is 5.91 Å². The molecule has 2 amide bonds. The normalized spacial score (nSPS) is 14.5. The number of alkyl halides is 2. The summed E-state index contributed by atoms with van der Waals surface area (Å²) < 4.78 is 52.5. The van der Waals surface area contributed by atoms with Gasteiger partial charge in [0.25, 0.3) is 5.91 Å². The third-order valence-electron chi connectivity index (χ3n) is 7.38. The van der Waals surface area contributed by atoms with E-state index in [1.165, 1.54) is 43.5 Å². The Morgan fingerprint density at radius 3 is 2.61 bits per heavy atom. The molecule has 1 fully saturated rings. The number of primary amides is 1. The van der Waals surface area contributed by atoms with E-state index >= 15 is 0 Å². The summed E-state index contributed by atoms with van der Waals surface area (Å²) >= 11 is 5.90. The molecule has 0 saturated heterocycles. The zero-order valence-corrected chi connectivity index (χ0v) is 24.5. The van der Waals surface area contributed by atoms with Crippen molar-refractivity contribution in [2.75, 3.05) is 20.3 Å². The number of nitrogens with two attached hydrogens (primary N) is 1. The van der Waals surface area contributed by atoms with E-state index in [1.54, 1.807) is 6.92 Å². The molecule has 4 N–H and O–H groups in total. The van der Waals surface area contributed by atoms with E-state index in [0.29, 0.717) is 23.1 Å². The molecule has 44 heavy (non-hydrogen) atoms. The van der Waals surface area contributed by atoms with Crippen molar-refractivity contribution in [3.63, 3.8) is 0 Å². The second kappa shape index (κ2) is 12.3. The zero-order chi connectivity index (χ0) is 31.8. The van der Waals surface area contributed by atoms with E-state index in [9.17, 15) is 27.9 Å². The SMILES string of the molecule is CCOc1c(CC(N)=O)cc([C@@](O)(CNC(=O)c2cc(OC)c3nn(C(F)F)cc3c2)C2CC2)nc1-c1ccc(Cl)c(F)c1. The summed E-state index contributed by atoms with van der Waals surface area (Å²) in [6, 6.07) is 8.32. The molecule has 0 unspecified atom stereocenters. The van der Waals surface area contributed by atoms with Crippen LogP contribution in [0.5, 0.6) is 11.5 Å². The first-order chi connectivity index (χ1) is 20.9. The number of nitrogens with one attached hydrogen (secondary N) is 1. The maximum atomic E-state index is 14.5. The molecule has 4 aromatic rings. The molecular weight excluding hydrogens is 603 g/mol. The molecule has 232 valence electrons. The molecule has 0 radical (unpaired) electrons. The fourth-order valence-electron chi connectivity index (χ4n) is 5.10. The monoisotopic (exact) mass is 631 g/mol. The number of aromatic nitrogens is 3. The van der Waals surface area contributed by atoms with Crippen molar-refractivity contribution in [3.05, 3.63) is 70.3 Å². The van der Waals surface area contributed by atoms with Crippen molar-refractivity contribution in [3.8, 4) is 22.8 Å². The van der Waals surface area contributed by atoms with Crippen LogP contribution < -0.4 is 20.5 Å². The van der Waals surface area contributed by atoms with Gasteiger partial charge in [-0.1, -0.05) is 17.7 Å². The van der Waals surface area contributed by atoms with Crippen molar-refractivity contribution in [1.29, 1.82) is 0 Å². The van der Waals surface area contributed by atoms with Gasteiger partial charge < -0.3 is 25.6 Å². The fraction of sp³-hybridized carbons (Fsp3) is 0.333. The van der Waals surface area contributed by atoms with Crippen LogP contribution in [0.2, 0.25) is 5.02 Å². The average Bonchev–Trinajstić information content (AvgIpc) is 3.76. The molecule has 0 aliphatic heterocycles. The molecule has 0 bridgehead atoms. The lowest BCUT2D eigenvalue weighted by atomic mass is 9.90. The van der Waals surface area contributed by atoms with E-state index in [4.69, 9.17) is 26.8 Å². The van der Waals surface area contributed by atoms with Crippen LogP contribution in [0, 0.1) is 11.7 Å². The van der Waals surface area contributed by atoms with Gasteiger partial charge in [0.05, 0.1) is 37.4 Å². The lowest BCUT2D eigenvalue weighted by molar-refractivity contribution is -0.117. The average molecular weight is 632 g/mol. The Balaban J connectivity index is 1.54. The van der Waals surface area contributed by atoms with Crippen molar-refractivity contribution >= 4 is 34.3 Å². The van der Waals surface area contributed by atoms with Gasteiger partial charge in [0.1, 0.15) is 34.1 Å². The number of hydrogen-bond donors (Lipinski definition) is 3. The summed E-state index contributed by atoms with van der Waals surface area (Å²) in [5, 5.41) is 18.8. The highest BCUT2D eigenvalue weighted by Gasteiger charge is 2.47. The molecule has 1 aliphatic carbocycles. The van der Waals surface area contributed by atoms with Gasteiger partial charge in [-0.2, -0.15) is 13.9 Å². The Bertz CT molecular complexity index is 1750. The highest BCUT2D eigenvalue weighted by Crippen LogP contribution is 2.47. The number of methoxy groups -OCH3 is 1. The lowest BCUT2D eigenvalue weighted by Gasteiger charge is -2.30. The number of amides is 2. The Morgan fingerprint density at radius 1 is 1.25 bits per heavy atom. The van der Waals surface area contributed by atoms with E-state index in [0.717, 1.165) is 6.20 Å². The predicted octanol–water partition coefficient (Wildman–Crippen LogP) is 4.75. The summed E-state index contributed by atoms with van der Waals surface area (Å²) in [6.45, 7) is -1.25. The Kier molecular flexibility index (Phi) is 8.71. The third-order valence-corrected chi connectivity index (χ3v) is 7.69. The van der Waals surface area contributed by atoms with Crippen LogP contribution in [0.4, 0.5) is 13.2 Å². The largest absolute Gasteiger partial charge is 0.494 e. The number of halogens is 4. The van der Waals surface area contributed by atoms with Crippen molar-refractivity contribution in [2.24, 2.45) is 11.7 Å². The van der Waals surface area contributed by atoms with Gasteiger partial charge in [-0.15, -0.1) is 0 Å². The zero-order valence-electron chi connectivity index (χ0n) is 23.7. The summed E-state index contributed by atoms with van der Waals surface area (Å²) in [5.74, 6) is -1.97. The third kappa shape index (κ3) is 6.15. The molecule has 2 aromatic carbocycles. The molecule has 2 aromatic heterocycles. The van der Waals surface area contributed by atoms with Gasteiger partial charge in [-0.3, -0.25) is 9.59 Å². The lowest BCUT2D eigenvalue weighted by Crippen LogP contribution is -2.43. The van der Waals surface area contributed by atoms with Crippen LogP contribution in [-0.4, -0.2) is 51.9 Å². The number of carbonyl (C=O) groups is 2. The number of nitrogens with zero attached hydrogens (tertiary/aromatic N) is 3. The fourth-order valence-corrected chi connectivity index (χ4v) is 5.22. The number of fused-ring (bicyclic) bond motifs is 1. The van der Waals surface area contributed by atoms with Crippen LogP contribution in [0.1, 0.15) is 47.9 Å². The number of benzene rings is 2. The summed E-state index contributed by atoms with van der Waals surface area (Å²) in [4.78, 5) is 30.0. The van der Waals surface area contributed by atoms with Crippen LogP contribution in [0.15, 0.2) is 42.6 Å². The number of hydrogen-bond acceptors (Lipinski definition) is 7. The van der Waals surface area contributed by atoms with E-state index in [-0.39, 0.29) is 75.4 Å². The maximum Gasteiger partial charge on any atom is 0.333 e. The van der Waals surface area contributed by atoms with Crippen LogP contribution in [-0.2, 0) is 16.8 Å². The van der Waals surface area contributed by atoms with E-state index in [1.807, 2.05) is 0 Å². The Morgan fingerprint density at radius 2 is 2.00 bits per heavy atom. The molecule has 10 nitrogen and oxygen atoms in total. The van der Waals surface area contributed by atoms with Crippen LogP contribution in [0.3, 0.4) is 0 Å². The highest BCUT2D eigenvalue weighted by atomic mass is 35.5. The van der Waals surface area contributed by atoms with Gasteiger partial charge in [0, 0.05) is 28.3 Å². The van der Waals surface area contributed by atoms with Crippen molar-refractivity contribution in [1.82, 2.24) is 20.1 Å². The first-order valence-electron chi connectivity index (χ1n) is 13.7. The minimum absolute atomic E-state index is 0.0905. The Labute approximate surface area is 254 Å². The number of ether oxygens (including phenoxy) is 2. The second-order valence-electron chi connectivity index (χ2n) is 10.4. The van der Waals surface area contributed by atoms with Crippen molar-refractivity contribution in [2.45, 2.75) is 38.3 Å². The molecule has 1 aliphatic rings. The highest BCUT2D eigenvalue weighted by molar-refractivity contribution is 6.30. The molecule has 5 rings (SSSR count). The second-order valence-corrected chi connectivity index (χ2v) is 10.8.